The lowest BCUT2D eigenvalue weighted by Crippen LogP contribution is -2.23. The summed E-state index contributed by atoms with van der Waals surface area (Å²) in [6.45, 7) is 1.84. The third kappa shape index (κ3) is 5.69. The molecule has 1 aromatic rings. The number of ether oxygens (including phenoxy) is 1. The smallest absolute Gasteiger partial charge is 0.404 e. The van der Waals surface area contributed by atoms with Gasteiger partial charge in [0.15, 0.2) is 5.78 Å². The van der Waals surface area contributed by atoms with Crippen LogP contribution in [0.4, 0.5) is 4.79 Å². The molecule has 1 aromatic carbocycles. The molecule has 0 unspecified atom stereocenters. The first-order valence-electron chi connectivity index (χ1n) is 7.46. The van der Waals surface area contributed by atoms with Gasteiger partial charge in [-0.05, 0) is 30.9 Å². The summed E-state index contributed by atoms with van der Waals surface area (Å²) in [6, 6.07) is 7.56. The number of carbonyl (C=O) groups is 2. The van der Waals surface area contributed by atoms with Crippen molar-refractivity contribution in [2.75, 3.05) is 25.5 Å². The topological polar surface area (TPSA) is 75.6 Å². The van der Waals surface area contributed by atoms with E-state index in [0.717, 1.165) is 36.7 Å². The molecule has 5 nitrogen and oxygen atoms in total. The molecule has 22 heavy (non-hydrogen) atoms. The van der Waals surface area contributed by atoms with E-state index >= 15 is 0 Å². The average molecular weight is 323 g/mol. The summed E-state index contributed by atoms with van der Waals surface area (Å²) >= 11 is 1.77. The van der Waals surface area contributed by atoms with Crippen molar-refractivity contribution < 1.29 is 19.4 Å². The van der Waals surface area contributed by atoms with E-state index in [-0.39, 0.29) is 18.7 Å². The van der Waals surface area contributed by atoms with E-state index in [4.69, 9.17) is 9.84 Å². The van der Waals surface area contributed by atoms with Crippen molar-refractivity contribution in [3.63, 3.8) is 0 Å². The second-order valence-corrected chi connectivity index (χ2v) is 6.39. The number of nitrogens with one attached hydrogen (secondary N) is 1. The SMILES string of the molecule is O=C(O)NCCC(=O)c1cccc(SCC2CCOCC2)c1. The maximum Gasteiger partial charge on any atom is 0.404 e. The van der Waals surface area contributed by atoms with Crippen molar-refractivity contribution >= 4 is 23.6 Å². The molecule has 0 aliphatic carbocycles. The third-order valence-corrected chi connectivity index (χ3v) is 4.84. The van der Waals surface area contributed by atoms with Gasteiger partial charge in [0.1, 0.15) is 0 Å². The van der Waals surface area contributed by atoms with Gasteiger partial charge in [0.05, 0.1) is 0 Å². The molecule has 0 saturated carbocycles. The second kappa shape index (κ2) is 8.80. The molecule has 1 heterocycles. The number of hydrogen-bond donors (Lipinski definition) is 2. The van der Waals surface area contributed by atoms with E-state index in [2.05, 4.69) is 5.32 Å². The van der Waals surface area contributed by atoms with Crippen LogP contribution in [-0.4, -0.2) is 42.5 Å². The predicted molar refractivity (Wildman–Crippen MR) is 85.7 cm³/mol. The highest BCUT2D eigenvalue weighted by Crippen LogP contribution is 2.26. The number of rotatable bonds is 7. The molecule has 6 heteroatoms. The van der Waals surface area contributed by atoms with E-state index in [9.17, 15) is 9.59 Å². The van der Waals surface area contributed by atoms with Crippen molar-refractivity contribution in [1.82, 2.24) is 5.32 Å². The number of carbonyl (C=O) groups excluding carboxylic acids is 1. The molecule has 0 radical (unpaired) electrons. The highest BCUT2D eigenvalue weighted by atomic mass is 32.2. The lowest BCUT2D eigenvalue weighted by atomic mass is 10.0. The molecule has 1 aliphatic rings. The van der Waals surface area contributed by atoms with E-state index in [1.54, 1.807) is 17.8 Å². The van der Waals surface area contributed by atoms with Gasteiger partial charge in [0, 0.05) is 42.4 Å². The summed E-state index contributed by atoms with van der Waals surface area (Å²) in [7, 11) is 0. The van der Waals surface area contributed by atoms with Gasteiger partial charge in [-0.1, -0.05) is 12.1 Å². The van der Waals surface area contributed by atoms with Crippen LogP contribution in [0, 0.1) is 5.92 Å². The Morgan fingerprint density at radius 3 is 2.82 bits per heavy atom. The molecule has 0 atom stereocenters. The molecule has 0 spiro atoms. The van der Waals surface area contributed by atoms with Crippen LogP contribution in [0.1, 0.15) is 29.6 Å². The number of hydrogen-bond acceptors (Lipinski definition) is 4. The fraction of sp³-hybridized carbons (Fsp3) is 0.500. The Hall–Kier alpha value is -1.53. The van der Waals surface area contributed by atoms with E-state index in [1.807, 2.05) is 18.2 Å². The van der Waals surface area contributed by atoms with E-state index in [1.165, 1.54) is 0 Å². The Morgan fingerprint density at radius 1 is 1.32 bits per heavy atom. The molecule has 1 saturated heterocycles. The third-order valence-electron chi connectivity index (χ3n) is 3.61. The minimum absolute atomic E-state index is 0.0396. The summed E-state index contributed by atoms with van der Waals surface area (Å²) in [5, 5.41) is 10.7. The van der Waals surface area contributed by atoms with Crippen LogP contribution >= 0.6 is 11.8 Å². The first-order valence-corrected chi connectivity index (χ1v) is 8.44. The summed E-state index contributed by atoms with van der Waals surface area (Å²) in [4.78, 5) is 23.5. The van der Waals surface area contributed by atoms with Crippen molar-refractivity contribution in [2.45, 2.75) is 24.2 Å². The van der Waals surface area contributed by atoms with Gasteiger partial charge < -0.3 is 15.2 Å². The maximum atomic E-state index is 12.0. The lowest BCUT2D eigenvalue weighted by molar-refractivity contribution is 0.0728. The number of thioether (sulfide) groups is 1. The van der Waals surface area contributed by atoms with E-state index < -0.39 is 6.09 Å². The Bertz CT molecular complexity index is 515. The highest BCUT2D eigenvalue weighted by Gasteiger charge is 2.14. The van der Waals surface area contributed by atoms with Crippen molar-refractivity contribution in [3.05, 3.63) is 29.8 Å². The fourth-order valence-corrected chi connectivity index (χ4v) is 3.46. The molecule has 1 aliphatic heterocycles. The average Bonchev–Trinajstić information content (AvgIpc) is 2.54. The van der Waals surface area contributed by atoms with Crippen molar-refractivity contribution in [3.8, 4) is 0 Å². The van der Waals surface area contributed by atoms with Crippen molar-refractivity contribution in [1.29, 1.82) is 0 Å². The van der Waals surface area contributed by atoms with Crippen LogP contribution in [0.3, 0.4) is 0 Å². The highest BCUT2D eigenvalue weighted by molar-refractivity contribution is 7.99. The van der Waals surface area contributed by atoms with E-state index in [0.29, 0.717) is 11.5 Å². The lowest BCUT2D eigenvalue weighted by Gasteiger charge is -2.21. The maximum absolute atomic E-state index is 12.0. The van der Waals surface area contributed by atoms with Gasteiger partial charge in [0.2, 0.25) is 0 Å². The van der Waals surface area contributed by atoms with Crippen LogP contribution in [0.25, 0.3) is 0 Å². The molecule has 0 bridgehead atoms. The fourth-order valence-electron chi connectivity index (χ4n) is 2.31. The molecular formula is C16H21NO4S. The standard InChI is InChI=1S/C16H21NO4S/c18-15(4-7-17-16(19)20)13-2-1-3-14(10-13)22-11-12-5-8-21-9-6-12/h1-3,10,12,17H,4-9,11H2,(H,19,20). The summed E-state index contributed by atoms with van der Waals surface area (Å²) < 4.78 is 5.36. The molecule has 1 fully saturated rings. The number of Topliss-reactive ketones (excluding diaryl/α,β-unsaturated/α-hetero) is 1. The largest absolute Gasteiger partial charge is 0.465 e. The Labute approximate surface area is 134 Å². The molecular weight excluding hydrogens is 302 g/mol. The van der Waals surface area contributed by atoms with Gasteiger partial charge in [-0.25, -0.2) is 4.79 Å². The van der Waals surface area contributed by atoms with Crippen molar-refractivity contribution in [2.24, 2.45) is 5.92 Å². The summed E-state index contributed by atoms with van der Waals surface area (Å²) in [5.74, 6) is 1.68. The molecule has 1 amide bonds. The second-order valence-electron chi connectivity index (χ2n) is 5.30. The zero-order valence-corrected chi connectivity index (χ0v) is 13.2. The number of ketones is 1. The van der Waals surface area contributed by atoms with Gasteiger partial charge >= 0.3 is 6.09 Å². The normalized spacial score (nSPS) is 15.5. The van der Waals surface area contributed by atoms with Gasteiger partial charge in [-0.15, -0.1) is 11.8 Å². The Balaban J connectivity index is 1.83. The quantitative estimate of drug-likeness (QED) is 0.596. The number of benzene rings is 1. The van der Waals surface area contributed by atoms with Gasteiger partial charge in [-0.3, -0.25) is 4.79 Å². The summed E-state index contributed by atoms with van der Waals surface area (Å²) in [5.41, 5.74) is 0.643. The Morgan fingerprint density at radius 2 is 2.09 bits per heavy atom. The van der Waals surface area contributed by atoms with Gasteiger partial charge in [0.25, 0.3) is 0 Å². The zero-order chi connectivity index (χ0) is 15.8. The molecule has 0 aromatic heterocycles. The zero-order valence-electron chi connectivity index (χ0n) is 12.4. The minimum atomic E-state index is -1.10. The number of carboxylic acid groups (broad SMARTS) is 1. The van der Waals surface area contributed by atoms with Crippen LogP contribution in [0.2, 0.25) is 0 Å². The Kier molecular flexibility index (Phi) is 6.74. The monoisotopic (exact) mass is 323 g/mol. The molecule has 120 valence electrons. The van der Waals surface area contributed by atoms with Crippen LogP contribution in [0.15, 0.2) is 29.2 Å². The predicted octanol–water partition coefficient (Wildman–Crippen LogP) is 3.05. The van der Waals surface area contributed by atoms with Crippen LogP contribution in [0.5, 0.6) is 0 Å². The van der Waals surface area contributed by atoms with Crippen LogP contribution < -0.4 is 5.32 Å². The van der Waals surface area contributed by atoms with Gasteiger partial charge in [-0.2, -0.15) is 0 Å². The first-order chi connectivity index (χ1) is 10.6. The summed E-state index contributed by atoms with van der Waals surface area (Å²) in [6.07, 6.45) is 1.29. The molecule has 2 rings (SSSR count). The van der Waals surface area contributed by atoms with Crippen LogP contribution in [-0.2, 0) is 4.74 Å². The minimum Gasteiger partial charge on any atom is -0.465 e. The molecule has 2 N–H and O–H groups in total. The number of amides is 1. The first kappa shape index (κ1) is 16.8.